The maximum atomic E-state index is 11.9. The zero-order valence-corrected chi connectivity index (χ0v) is 12.8. The molecule has 1 N–H and O–H groups in total. The maximum absolute atomic E-state index is 11.9. The Bertz CT molecular complexity index is 632. The van der Waals surface area contributed by atoms with Crippen LogP contribution in [0.5, 0.6) is 0 Å². The van der Waals surface area contributed by atoms with Gasteiger partial charge in [0.05, 0.1) is 11.8 Å². The molecule has 0 aliphatic carbocycles. The molecule has 98 valence electrons. The quantitative estimate of drug-likeness (QED) is 0.514. The van der Waals surface area contributed by atoms with E-state index in [4.69, 9.17) is 4.42 Å². The van der Waals surface area contributed by atoms with Gasteiger partial charge in [0.1, 0.15) is 11.5 Å². The second-order valence-corrected chi connectivity index (χ2v) is 5.21. The van der Waals surface area contributed by atoms with Crippen LogP contribution in [0.4, 0.5) is 0 Å². The molecule has 0 saturated heterocycles. The van der Waals surface area contributed by atoms with Crippen molar-refractivity contribution in [2.24, 2.45) is 5.10 Å². The molecule has 0 aliphatic heterocycles. The van der Waals surface area contributed by atoms with Gasteiger partial charge in [0.2, 0.25) is 0 Å². The fourth-order valence-electron chi connectivity index (χ4n) is 1.66. The molecule has 1 heterocycles. The first-order valence-electron chi connectivity index (χ1n) is 5.73. The molecule has 2 aromatic rings. The van der Waals surface area contributed by atoms with E-state index >= 15 is 0 Å². The SMILES string of the molecule is Cc1cc(C(=O)N/N=C/c2ccccc2I)c(C)o1. The summed E-state index contributed by atoms with van der Waals surface area (Å²) in [6.07, 6.45) is 1.63. The number of halogens is 1. The van der Waals surface area contributed by atoms with Crippen molar-refractivity contribution >= 4 is 34.7 Å². The van der Waals surface area contributed by atoms with Gasteiger partial charge in [0, 0.05) is 9.13 Å². The molecule has 0 saturated carbocycles. The predicted octanol–water partition coefficient (Wildman–Crippen LogP) is 3.26. The van der Waals surface area contributed by atoms with E-state index in [9.17, 15) is 4.79 Å². The van der Waals surface area contributed by atoms with E-state index in [1.807, 2.05) is 24.3 Å². The average molecular weight is 368 g/mol. The van der Waals surface area contributed by atoms with E-state index in [1.165, 1.54) is 0 Å². The Hall–Kier alpha value is -1.63. The zero-order chi connectivity index (χ0) is 13.8. The molecule has 0 spiro atoms. The highest BCUT2D eigenvalue weighted by atomic mass is 127. The average Bonchev–Trinajstić information content (AvgIpc) is 2.71. The third kappa shape index (κ3) is 3.44. The number of rotatable bonds is 3. The lowest BCUT2D eigenvalue weighted by Crippen LogP contribution is -2.17. The number of hydrazone groups is 1. The van der Waals surface area contributed by atoms with E-state index in [1.54, 1.807) is 26.1 Å². The minimum Gasteiger partial charge on any atom is -0.466 e. The van der Waals surface area contributed by atoms with Crippen molar-refractivity contribution in [1.29, 1.82) is 0 Å². The zero-order valence-electron chi connectivity index (χ0n) is 10.6. The summed E-state index contributed by atoms with van der Waals surface area (Å²) in [4.78, 5) is 11.9. The van der Waals surface area contributed by atoms with Gasteiger partial charge in [-0.25, -0.2) is 5.43 Å². The summed E-state index contributed by atoms with van der Waals surface area (Å²) in [5.41, 5.74) is 3.97. The molecule has 19 heavy (non-hydrogen) atoms. The van der Waals surface area contributed by atoms with Crippen molar-refractivity contribution in [1.82, 2.24) is 5.43 Å². The fraction of sp³-hybridized carbons (Fsp3) is 0.143. The number of aryl methyl sites for hydroxylation is 2. The van der Waals surface area contributed by atoms with Gasteiger partial charge in [-0.15, -0.1) is 0 Å². The van der Waals surface area contributed by atoms with Crippen LogP contribution in [-0.4, -0.2) is 12.1 Å². The number of hydrogen-bond donors (Lipinski definition) is 1. The number of amides is 1. The molecule has 0 unspecified atom stereocenters. The predicted molar refractivity (Wildman–Crippen MR) is 82.4 cm³/mol. The van der Waals surface area contributed by atoms with Crippen molar-refractivity contribution in [3.63, 3.8) is 0 Å². The standard InChI is InChI=1S/C14H13IN2O2/c1-9-7-12(10(2)19-9)14(18)17-16-8-11-5-3-4-6-13(11)15/h3-8H,1-2H3,(H,17,18)/b16-8+. The van der Waals surface area contributed by atoms with Crippen molar-refractivity contribution in [3.05, 3.63) is 56.5 Å². The Morgan fingerprint density at radius 3 is 2.74 bits per heavy atom. The van der Waals surface area contributed by atoms with Crippen LogP contribution in [0.2, 0.25) is 0 Å². The Kier molecular flexibility index (Phi) is 4.36. The van der Waals surface area contributed by atoms with Gasteiger partial charge in [-0.05, 0) is 48.6 Å². The fourth-order valence-corrected chi connectivity index (χ4v) is 2.18. The number of hydrogen-bond acceptors (Lipinski definition) is 3. The molecule has 1 amide bonds. The summed E-state index contributed by atoms with van der Waals surface area (Å²) < 4.78 is 6.38. The van der Waals surface area contributed by atoms with Crippen LogP contribution >= 0.6 is 22.6 Å². The summed E-state index contributed by atoms with van der Waals surface area (Å²) in [5, 5.41) is 3.96. The molecule has 0 bridgehead atoms. The molecule has 0 aliphatic rings. The van der Waals surface area contributed by atoms with Gasteiger partial charge < -0.3 is 4.42 Å². The second-order valence-electron chi connectivity index (χ2n) is 4.05. The molecule has 1 aromatic carbocycles. The summed E-state index contributed by atoms with van der Waals surface area (Å²) in [5.74, 6) is 1.04. The Morgan fingerprint density at radius 2 is 2.11 bits per heavy atom. The first-order valence-corrected chi connectivity index (χ1v) is 6.81. The van der Waals surface area contributed by atoms with E-state index in [0.717, 1.165) is 9.13 Å². The van der Waals surface area contributed by atoms with Gasteiger partial charge in [0.15, 0.2) is 0 Å². The highest BCUT2D eigenvalue weighted by molar-refractivity contribution is 14.1. The minimum absolute atomic E-state index is 0.267. The van der Waals surface area contributed by atoms with Crippen LogP contribution in [0.25, 0.3) is 0 Å². The number of nitrogens with one attached hydrogen (secondary N) is 1. The van der Waals surface area contributed by atoms with Crippen molar-refractivity contribution in [3.8, 4) is 0 Å². The number of carbonyl (C=O) groups excluding carboxylic acids is 1. The lowest BCUT2D eigenvalue weighted by atomic mass is 10.2. The van der Waals surface area contributed by atoms with Gasteiger partial charge in [-0.2, -0.15) is 5.10 Å². The summed E-state index contributed by atoms with van der Waals surface area (Å²) in [6, 6.07) is 9.49. The monoisotopic (exact) mass is 368 g/mol. The largest absolute Gasteiger partial charge is 0.466 e. The Balaban J connectivity index is 2.05. The van der Waals surface area contributed by atoms with E-state index in [2.05, 4.69) is 33.1 Å². The van der Waals surface area contributed by atoms with Crippen LogP contribution in [0, 0.1) is 17.4 Å². The molecule has 0 fully saturated rings. The Morgan fingerprint density at radius 1 is 1.37 bits per heavy atom. The van der Waals surface area contributed by atoms with Crippen LogP contribution < -0.4 is 5.43 Å². The molecule has 2 rings (SSSR count). The van der Waals surface area contributed by atoms with Crippen LogP contribution in [0.15, 0.2) is 39.9 Å². The number of nitrogens with zero attached hydrogens (tertiary/aromatic N) is 1. The molecule has 0 atom stereocenters. The number of furan rings is 1. The van der Waals surface area contributed by atoms with Crippen molar-refractivity contribution in [2.45, 2.75) is 13.8 Å². The summed E-state index contributed by atoms with van der Waals surface area (Å²) in [7, 11) is 0. The molecule has 4 nitrogen and oxygen atoms in total. The van der Waals surface area contributed by atoms with E-state index < -0.39 is 0 Å². The lowest BCUT2D eigenvalue weighted by Gasteiger charge is -1.98. The number of carbonyl (C=O) groups is 1. The third-order valence-corrected chi connectivity index (χ3v) is 3.54. The van der Waals surface area contributed by atoms with E-state index in [0.29, 0.717) is 17.1 Å². The molecule has 0 radical (unpaired) electrons. The first-order chi connectivity index (χ1) is 9.08. The number of benzene rings is 1. The smallest absolute Gasteiger partial charge is 0.274 e. The Labute approximate surface area is 125 Å². The van der Waals surface area contributed by atoms with Crippen molar-refractivity contribution in [2.75, 3.05) is 0 Å². The van der Waals surface area contributed by atoms with Gasteiger partial charge >= 0.3 is 0 Å². The highest BCUT2D eigenvalue weighted by Crippen LogP contribution is 2.13. The van der Waals surface area contributed by atoms with Gasteiger partial charge in [-0.3, -0.25) is 4.79 Å². The summed E-state index contributed by atoms with van der Waals surface area (Å²) >= 11 is 2.22. The molecule has 5 heteroatoms. The second kappa shape index (κ2) is 6.01. The topological polar surface area (TPSA) is 54.6 Å². The first kappa shape index (κ1) is 13.8. The molecular weight excluding hydrogens is 355 g/mol. The highest BCUT2D eigenvalue weighted by Gasteiger charge is 2.12. The van der Waals surface area contributed by atoms with Crippen LogP contribution in [-0.2, 0) is 0 Å². The van der Waals surface area contributed by atoms with Gasteiger partial charge in [-0.1, -0.05) is 18.2 Å². The summed E-state index contributed by atoms with van der Waals surface area (Å²) in [6.45, 7) is 3.56. The third-order valence-electron chi connectivity index (χ3n) is 2.56. The lowest BCUT2D eigenvalue weighted by molar-refractivity contribution is 0.0953. The van der Waals surface area contributed by atoms with Crippen molar-refractivity contribution < 1.29 is 9.21 Å². The van der Waals surface area contributed by atoms with Gasteiger partial charge in [0.25, 0.3) is 5.91 Å². The molecule has 1 aromatic heterocycles. The minimum atomic E-state index is -0.267. The van der Waals surface area contributed by atoms with E-state index in [-0.39, 0.29) is 5.91 Å². The normalized spacial score (nSPS) is 10.9. The van der Waals surface area contributed by atoms with Crippen LogP contribution in [0.1, 0.15) is 27.4 Å². The maximum Gasteiger partial charge on any atom is 0.274 e. The molecular formula is C14H13IN2O2. The van der Waals surface area contributed by atoms with Crippen LogP contribution in [0.3, 0.4) is 0 Å².